The van der Waals surface area contributed by atoms with Crippen LogP contribution in [0.3, 0.4) is 0 Å². The highest BCUT2D eigenvalue weighted by molar-refractivity contribution is 5.84. The molecule has 0 fully saturated rings. The largest absolute Gasteiger partial charge is 0.469 e. The molecule has 4 aromatic rings. The Hall–Kier alpha value is -3.59. The van der Waals surface area contributed by atoms with E-state index < -0.39 is 0 Å². The predicted octanol–water partition coefficient (Wildman–Crippen LogP) is 6.51. The van der Waals surface area contributed by atoms with E-state index in [2.05, 4.69) is 83.6 Å². The molecule has 0 amide bonds. The van der Waals surface area contributed by atoms with E-state index >= 15 is 0 Å². The molecule has 0 saturated heterocycles. The van der Waals surface area contributed by atoms with E-state index in [-0.39, 0.29) is 11.9 Å². The molecule has 162 valence electrons. The maximum absolute atomic E-state index is 12.4. The molecule has 1 aromatic heterocycles. The molecule has 0 aliphatic rings. The average Bonchev–Trinajstić information content (AvgIpc) is 3.19. The summed E-state index contributed by atoms with van der Waals surface area (Å²) in [4.78, 5) is 12.4. The quantitative estimate of drug-likeness (QED) is 0.287. The second-order valence-electron chi connectivity index (χ2n) is 8.09. The lowest BCUT2D eigenvalue weighted by Gasteiger charge is -2.12. The lowest BCUT2D eigenvalue weighted by Crippen LogP contribution is -2.16. The molecule has 0 radical (unpaired) electrons. The molecule has 3 heteroatoms. The predicted molar refractivity (Wildman–Crippen MR) is 131 cm³/mol. The molecule has 1 heterocycles. The molecule has 1 atom stereocenters. The van der Waals surface area contributed by atoms with Crippen LogP contribution in [-0.4, -0.2) is 17.6 Å². The van der Waals surface area contributed by atoms with Gasteiger partial charge >= 0.3 is 5.97 Å². The van der Waals surface area contributed by atoms with Gasteiger partial charge in [-0.3, -0.25) is 4.79 Å². The van der Waals surface area contributed by atoms with E-state index in [1.54, 1.807) is 0 Å². The van der Waals surface area contributed by atoms with Crippen molar-refractivity contribution in [1.82, 2.24) is 4.57 Å². The van der Waals surface area contributed by atoms with Gasteiger partial charge < -0.3 is 9.30 Å². The Bertz CT molecular complexity index is 1180. The van der Waals surface area contributed by atoms with Gasteiger partial charge in [0.1, 0.15) is 0 Å². The van der Waals surface area contributed by atoms with Gasteiger partial charge in [-0.25, -0.2) is 0 Å². The monoisotopic (exact) mass is 423 g/mol. The van der Waals surface area contributed by atoms with Crippen molar-refractivity contribution < 1.29 is 9.53 Å². The van der Waals surface area contributed by atoms with E-state index in [0.717, 1.165) is 24.9 Å². The van der Waals surface area contributed by atoms with Gasteiger partial charge in [-0.1, -0.05) is 91.0 Å². The van der Waals surface area contributed by atoms with Crippen LogP contribution in [-0.2, 0) is 22.5 Å². The summed E-state index contributed by atoms with van der Waals surface area (Å²) >= 11 is 0. The summed E-state index contributed by atoms with van der Waals surface area (Å²) < 4.78 is 7.41. The minimum Gasteiger partial charge on any atom is -0.469 e. The Morgan fingerprint density at radius 3 is 2.38 bits per heavy atom. The molecule has 1 unspecified atom stereocenters. The van der Waals surface area contributed by atoms with Crippen LogP contribution >= 0.6 is 0 Å². The van der Waals surface area contributed by atoms with Crippen LogP contribution in [0, 0.1) is 5.92 Å². The normalized spacial score (nSPS) is 12.3. The Labute approximate surface area is 190 Å². The molecule has 4 rings (SSSR count). The van der Waals surface area contributed by atoms with E-state index in [4.69, 9.17) is 4.74 Å². The number of hydrogen-bond donors (Lipinski definition) is 0. The number of methoxy groups -OCH3 is 1. The number of carbonyl (C=O) groups is 1. The van der Waals surface area contributed by atoms with Crippen molar-refractivity contribution in [3.63, 3.8) is 0 Å². The fourth-order valence-corrected chi connectivity index (χ4v) is 4.19. The number of aryl methyl sites for hydroxylation is 1. The van der Waals surface area contributed by atoms with Gasteiger partial charge in [0, 0.05) is 23.6 Å². The molecular weight excluding hydrogens is 394 g/mol. The Morgan fingerprint density at radius 1 is 0.938 bits per heavy atom. The highest BCUT2D eigenvalue weighted by Gasteiger charge is 2.19. The van der Waals surface area contributed by atoms with Gasteiger partial charge in [0.2, 0.25) is 0 Å². The molecular formula is C29H29NO2. The average molecular weight is 424 g/mol. The first kappa shape index (κ1) is 21.6. The summed E-state index contributed by atoms with van der Waals surface area (Å²) in [5.41, 5.74) is 4.92. The number of carbonyl (C=O) groups excluding carboxylic acids is 1. The third kappa shape index (κ3) is 5.36. The summed E-state index contributed by atoms with van der Waals surface area (Å²) in [6.07, 6.45) is 8.65. The zero-order valence-corrected chi connectivity index (χ0v) is 18.5. The number of rotatable bonds is 9. The SMILES string of the molecule is COC(=O)C(CC=Cc1ccccc1)CCc1cn(Cc2ccccc2)c2ccccc12. The zero-order chi connectivity index (χ0) is 22.2. The highest BCUT2D eigenvalue weighted by atomic mass is 16.5. The van der Waals surface area contributed by atoms with Gasteiger partial charge in [0.25, 0.3) is 0 Å². The van der Waals surface area contributed by atoms with Crippen molar-refractivity contribution in [3.05, 3.63) is 114 Å². The van der Waals surface area contributed by atoms with Crippen molar-refractivity contribution in [2.45, 2.75) is 25.8 Å². The number of esters is 1. The topological polar surface area (TPSA) is 31.2 Å². The molecule has 0 N–H and O–H groups in total. The van der Waals surface area contributed by atoms with E-state index in [1.807, 2.05) is 24.3 Å². The van der Waals surface area contributed by atoms with Crippen LogP contribution in [0.15, 0.2) is 97.2 Å². The minimum atomic E-state index is -0.156. The van der Waals surface area contributed by atoms with Gasteiger partial charge in [-0.2, -0.15) is 0 Å². The molecule has 0 spiro atoms. The number of allylic oxidation sites excluding steroid dienone is 1. The number of fused-ring (bicyclic) bond motifs is 1. The van der Waals surface area contributed by atoms with Crippen LogP contribution < -0.4 is 0 Å². The minimum absolute atomic E-state index is 0.143. The third-order valence-electron chi connectivity index (χ3n) is 5.89. The van der Waals surface area contributed by atoms with Crippen LogP contribution in [0.5, 0.6) is 0 Å². The van der Waals surface area contributed by atoms with Gasteiger partial charge in [0.05, 0.1) is 13.0 Å². The Kier molecular flexibility index (Phi) is 7.19. The Balaban J connectivity index is 1.49. The van der Waals surface area contributed by atoms with E-state index in [0.29, 0.717) is 6.42 Å². The summed E-state index contributed by atoms with van der Waals surface area (Å²) in [6, 6.07) is 29.2. The number of nitrogens with zero attached hydrogens (tertiary/aromatic N) is 1. The summed E-state index contributed by atoms with van der Waals surface area (Å²) in [7, 11) is 1.47. The van der Waals surface area contributed by atoms with Crippen molar-refractivity contribution >= 4 is 22.9 Å². The van der Waals surface area contributed by atoms with Crippen molar-refractivity contribution in [2.24, 2.45) is 5.92 Å². The maximum atomic E-state index is 12.4. The van der Waals surface area contributed by atoms with Gasteiger partial charge in [0.15, 0.2) is 0 Å². The van der Waals surface area contributed by atoms with Crippen molar-refractivity contribution in [2.75, 3.05) is 7.11 Å². The van der Waals surface area contributed by atoms with Gasteiger partial charge in [-0.15, -0.1) is 0 Å². The van der Waals surface area contributed by atoms with Crippen LogP contribution in [0.1, 0.15) is 29.5 Å². The summed E-state index contributed by atoms with van der Waals surface area (Å²) in [5.74, 6) is -0.299. The lowest BCUT2D eigenvalue weighted by molar-refractivity contribution is -0.145. The van der Waals surface area contributed by atoms with Gasteiger partial charge in [-0.05, 0) is 42.0 Å². The van der Waals surface area contributed by atoms with E-state index in [1.165, 1.54) is 29.1 Å². The highest BCUT2D eigenvalue weighted by Crippen LogP contribution is 2.26. The van der Waals surface area contributed by atoms with Crippen molar-refractivity contribution in [1.29, 1.82) is 0 Å². The fourth-order valence-electron chi connectivity index (χ4n) is 4.19. The first-order valence-electron chi connectivity index (χ1n) is 11.1. The third-order valence-corrected chi connectivity index (χ3v) is 5.89. The summed E-state index contributed by atoms with van der Waals surface area (Å²) in [5, 5.41) is 1.26. The Morgan fingerprint density at radius 2 is 1.62 bits per heavy atom. The molecule has 0 saturated carbocycles. The maximum Gasteiger partial charge on any atom is 0.308 e. The number of para-hydroxylation sites is 1. The van der Waals surface area contributed by atoms with Crippen LogP contribution in [0.2, 0.25) is 0 Å². The van der Waals surface area contributed by atoms with Crippen molar-refractivity contribution in [3.8, 4) is 0 Å². The second-order valence-corrected chi connectivity index (χ2v) is 8.09. The number of hydrogen-bond acceptors (Lipinski definition) is 2. The van der Waals surface area contributed by atoms with Crippen LogP contribution in [0.25, 0.3) is 17.0 Å². The smallest absolute Gasteiger partial charge is 0.308 e. The lowest BCUT2D eigenvalue weighted by atomic mass is 9.95. The number of aromatic nitrogens is 1. The fraction of sp³-hybridized carbons (Fsp3) is 0.207. The first-order valence-corrected chi connectivity index (χ1v) is 11.1. The molecule has 3 aromatic carbocycles. The standard InChI is InChI=1S/C29H29NO2/c1-32-29(31)25(16-10-15-23-11-4-2-5-12-23)19-20-26-22-30(21-24-13-6-3-7-14-24)28-18-9-8-17-27(26)28/h2-15,17-18,22,25H,16,19-21H2,1H3. The zero-order valence-electron chi connectivity index (χ0n) is 18.5. The van der Waals surface area contributed by atoms with E-state index in [9.17, 15) is 4.79 Å². The molecule has 0 aliphatic carbocycles. The van der Waals surface area contributed by atoms with Crippen LogP contribution in [0.4, 0.5) is 0 Å². The second kappa shape index (κ2) is 10.6. The summed E-state index contributed by atoms with van der Waals surface area (Å²) in [6.45, 7) is 0.835. The molecule has 32 heavy (non-hydrogen) atoms. The molecule has 0 aliphatic heterocycles. The number of ether oxygens (including phenoxy) is 1. The molecule has 3 nitrogen and oxygen atoms in total. The number of benzene rings is 3. The molecule has 0 bridgehead atoms. The first-order chi connectivity index (χ1) is 15.7.